The van der Waals surface area contributed by atoms with E-state index in [0.29, 0.717) is 5.41 Å². The Hall–Kier alpha value is -2.89. The van der Waals surface area contributed by atoms with E-state index in [0.717, 1.165) is 44.5 Å². The summed E-state index contributed by atoms with van der Waals surface area (Å²) in [5.74, 6) is -5.51. The second kappa shape index (κ2) is 13.3. The molecule has 2 N–H and O–H groups in total. The lowest BCUT2D eigenvalue weighted by Crippen LogP contribution is -2.57. The van der Waals surface area contributed by atoms with E-state index in [1.165, 1.54) is 44.3 Å². The standard InChI is InChI=1S/C20H27N3O.2C2HF3O2/c21-15-17-2-1-3-18(12-17)16-22-6-4-20(5-7-22)13-19(14-20)23-8-10-24-11-9-23;2*3-2(4,5)1(6)7/h1-3,12,19H,4-11,13-14,16H2;2*(H,6,7). The molecule has 14 heteroatoms. The normalized spacial score (nSPS) is 20.1. The van der Waals surface area contributed by atoms with Crippen LogP contribution in [0.15, 0.2) is 24.3 Å². The van der Waals surface area contributed by atoms with Gasteiger partial charge < -0.3 is 14.9 Å². The summed E-state index contributed by atoms with van der Waals surface area (Å²) < 4.78 is 68.9. The summed E-state index contributed by atoms with van der Waals surface area (Å²) in [6, 6.07) is 11.1. The molecule has 212 valence electrons. The van der Waals surface area contributed by atoms with Crippen molar-refractivity contribution in [3.63, 3.8) is 0 Å². The molecule has 2 saturated heterocycles. The van der Waals surface area contributed by atoms with Crippen molar-refractivity contribution in [1.82, 2.24) is 9.80 Å². The maximum atomic E-state index is 10.6. The van der Waals surface area contributed by atoms with Crippen LogP contribution in [0.1, 0.15) is 36.8 Å². The van der Waals surface area contributed by atoms with Crippen LogP contribution < -0.4 is 0 Å². The number of nitriles is 1. The summed E-state index contributed by atoms with van der Waals surface area (Å²) in [6.45, 7) is 7.47. The zero-order valence-electron chi connectivity index (χ0n) is 20.4. The Morgan fingerprint density at radius 2 is 1.47 bits per heavy atom. The number of rotatable bonds is 3. The Labute approximate surface area is 215 Å². The van der Waals surface area contributed by atoms with E-state index in [1.54, 1.807) is 0 Å². The summed E-state index contributed by atoms with van der Waals surface area (Å²) in [5.41, 5.74) is 2.66. The van der Waals surface area contributed by atoms with Gasteiger partial charge in [-0.2, -0.15) is 31.6 Å². The zero-order chi connectivity index (χ0) is 28.6. The van der Waals surface area contributed by atoms with Crippen LogP contribution in [0.4, 0.5) is 26.3 Å². The van der Waals surface area contributed by atoms with Crippen LogP contribution in [-0.2, 0) is 20.9 Å². The third kappa shape index (κ3) is 9.77. The molecule has 0 atom stereocenters. The second-order valence-corrected chi connectivity index (χ2v) is 9.40. The van der Waals surface area contributed by atoms with Gasteiger partial charge in [0.05, 0.1) is 24.8 Å². The number of ether oxygens (including phenoxy) is 1. The molecule has 1 aliphatic carbocycles. The molecule has 2 heterocycles. The molecular formula is C24H29F6N3O5. The van der Waals surface area contributed by atoms with Crippen molar-refractivity contribution in [3.8, 4) is 6.07 Å². The number of benzene rings is 1. The highest BCUT2D eigenvalue weighted by molar-refractivity contribution is 5.73. The van der Waals surface area contributed by atoms with E-state index in [9.17, 15) is 26.3 Å². The van der Waals surface area contributed by atoms with Crippen molar-refractivity contribution < 1.29 is 50.9 Å². The molecule has 0 unspecified atom stereocenters. The number of likely N-dealkylation sites (tertiary alicyclic amines) is 1. The van der Waals surface area contributed by atoms with E-state index in [1.807, 2.05) is 18.2 Å². The smallest absolute Gasteiger partial charge is 0.475 e. The Kier molecular flexibility index (Phi) is 10.9. The molecule has 1 aromatic carbocycles. The first-order chi connectivity index (χ1) is 17.6. The minimum absolute atomic E-state index is 0.619. The summed E-state index contributed by atoms with van der Waals surface area (Å²) >= 11 is 0. The summed E-state index contributed by atoms with van der Waals surface area (Å²) in [7, 11) is 0. The highest BCUT2D eigenvalue weighted by Gasteiger charge is 2.47. The molecule has 2 aliphatic heterocycles. The molecule has 0 bridgehead atoms. The molecular weight excluding hydrogens is 524 g/mol. The summed E-state index contributed by atoms with van der Waals surface area (Å²) in [5, 5.41) is 23.3. The molecule has 1 aromatic rings. The average Bonchev–Trinajstić information content (AvgIpc) is 2.83. The molecule has 1 saturated carbocycles. The van der Waals surface area contributed by atoms with Crippen LogP contribution in [0.2, 0.25) is 0 Å². The predicted octanol–water partition coefficient (Wildman–Crippen LogP) is 3.90. The van der Waals surface area contributed by atoms with Gasteiger partial charge in [0.25, 0.3) is 0 Å². The number of carboxylic acid groups (broad SMARTS) is 2. The number of morpholine rings is 1. The Balaban J connectivity index is 0.000000301. The number of aliphatic carboxylic acids is 2. The van der Waals surface area contributed by atoms with Gasteiger partial charge in [0.2, 0.25) is 0 Å². The fourth-order valence-corrected chi connectivity index (χ4v) is 4.73. The topological polar surface area (TPSA) is 114 Å². The average molecular weight is 554 g/mol. The van der Waals surface area contributed by atoms with E-state index in [4.69, 9.17) is 29.8 Å². The molecule has 4 rings (SSSR count). The van der Waals surface area contributed by atoms with Crippen LogP contribution in [0, 0.1) is 16.7 Å². The van der Waals surface area contributed by atoms with Crippen LogP contribution in [-0.4, -0.2) is 89.7 Å². The SMILES string of the molecule is N#Cc1cccc(CN2CCC3(CC2)CC(N2CCOCC2)C3)c1.O=C(O)C(F)(F)F.O=C(O)C(F)(F)F. The number of alkyl halides is 6. The van der Waals surface area contributed by atoms with E-state index >= 15 is 0 Å². The first-order valence-electron chi connectivity index (χ1n) is 11.8. The van der Waals surface area contributed by atoms with Crippen LogP contribution in [0.3, 0.4) is 0 Å². The number of piperidine rings is 1. The molecule has 3 fully saturated rings. The van der Waals surface area contributed by atoms with Crippen molar-refractivity contribution in [1.29, 1.82) is 5.26 Å². The van der Waals surface area contributed by atoms with Gasteiger partial charge in [-0.05, 0) is 61.9 Å². The van der Waals surface area contributed by atoms with Crippen LogP contribution >= 0.6 is 0 Å². The first-order valence-corrected chi connectivity index (χ1v) is 11.8. The first kappa shape index (κ1) is 31.3. The number of halogens is 6. The maximum absolute atomic E-state index is 10.6. The Bertz CT molecular complexity index is 949. The van der Waals surface area contributed by atoms with Crippen molar-refractivity contribution in [2.24, 2.45) is 5.41 Å². The van der Waals surface area contributed by atoms with Crippen LogP contribution in [0.5, 0.6) is 0 Å². The van der Waals surface area contributed by atoms with Gasteiger partial charge >= 0.3 is 24.3 Å². The quantitative estimate of drug-likeness (QED) is 0.542. The van der Waals surface area contributed by atoms with E-state index < -0.39 is 24.3 Å². The van der Waals surface area contributed by atoms with E-state index in [2.05, 4.69) is 21.9 Å². The monoisotopic (exact) mass is 553 g/mol. The molecule has 0 aromatic heterocycles. The Morgan fingerprint density at radius 1 is 0.974 bits per heavy atom. The number of hydrogen-bond donors (Lipinski definition) is 2. The molecule has 1 spiro atoms. The lowest BCUT2D eigenvalue weighted by molar-refractivity contribution is -0.193. The highest BCUT2D eigenvalue weighted by atomic mass is 19.4. The van der Waals surface area contributed by atoms with Gasteiger partial charge in [0, 0.05) is 25.7 Å². The minimum Gasteiger partial charge on any atom is -0.475 e. The van der Waals surface area contributed by atoms with Crippen molar-refractivity contribution in [2.75, 3.05) is 39.4 Å². The van der Waals surface area contributed by atoms with Gasteiger partial charge in [-0.3, -0.25) is 9.80 Å². The van der Waals surface area contributed by atoms with E-state index in [-0.39, 0.29) is 0 Å². The third-order valence-electron chi connectivity index (χ3n) is 6.76. The predicted molar refractivity (Wildman–Crippen MR) is 121 cm³/mol. The van der Waals surface area contributed by atoms with Gasteiger partial charge in [-0.25, -0.2) is 9.59 Å². The van der Waals surface area contributed by atoms with Gasteiger partial charge in [0.15, 0.2) is 0 Å². The maximum Gasteiger partial charge on any atom is 0.490 e. The molecule has 0 amide bonds. The lowest BCUT2D eigenvalue weighted by Gasteiger charge is -2.55. The molecule has 0 radical (unpaired) electrons. The number of nitrogens with zero attached hydrogens (tertiary/aromatic N) is 3. The fraction of sp³-hybridized carbons (Fsp3) is 0.625. The van der Waals surface area contributed by atoms with Crippen molar-refractivity contribution in [3.05, 3.63) is 35.4 Å². The lowest BCUT2D eigenvalue weighted by atomic mass is 9.60. The van der Waals surface area contributed by atoms with Gasteiger partial charge in [-0.1, -0.05) is 12.1 Å². The van der Waals surface area contributed by atoms with Crippen molar-refractivity contribution >= 4 is 11.9 Å². The Morgan fingerprint density at radius 3 is 1.92 bits per heavy atom. The summed E-state index contributed by atoms with van der Waals surface area (Å²) in [6.07, 6.45) is -4.70. The molecule has 8 nitrogen and oxygen atoms in total. The number of hydrogen-bond acceptors (Lipinski definition) is 6. The molecule has 3 aliphatic rings. The second-order valence-electron chi connectivity index (χ2n) is 9.40. The van der Waals surface area contributed by atoms with Crippen molar-refractivity contribution in [2.45, 2.75) is 50.6 Å². The molecule has 38 heavy (non-hydrogen) atoms. The summed E-state index contributed by atoms with van der Waals surface area (Å²) in [4.78, 5) is 23.0. The van der Waals surface area contributed by atoms with Gasteiger partial charge in [-0.15, -0.1) is 0 Å². The zero-order valence-corrected chi connectivity index (χ0v) is 20.4. The van der Waals surface area contributed by atoms with Gasteiger partial charge in [0.1, 0.15) is 0 Å². The van der Waals surface area contributed by atoms with Crippen LogP contribution in [0.25, 0.3) is 0 Å². The third-order valence-corrected chi connectivity index (χ3v) is 6.76. The number of carbonyl (C=O) groups is 2. The largest absolute Gasteiger partial charge is 0.490 e. The fourth-order valence-electron chi connectivity index (χ4n) is 4.73. The minimum atomic E-state index is -5.08. The highest BCUT2D eigenvalue weighted by Crippen LogP contribution is 2.51. The number of carboxylic acids is 2.